The summed E-state index contributed by atoms with van der Waals surface area (Å²) >= 11 is 12.8. The molecule has 0 heterocycles. The van der Waals surface area contributed by atoms with Crippen molar-refractivity contribution < 1.29 is 9.59 Å². The quantitative estimate of drug-likeness (QED) is 0.473. The Kier molecular flexibility index (Phi) is 9.86. The summed E-state index contributed by atoms with van der Waals surface area (Å²) < 4.78 is 0. The third-order valence-corrected chi connectivity index (χ3v) is 6.23. The highest BCUT2D eigenvalue weighted by Gasteiger charge is 2.30. The number of carbonyl (C=O) groups excluding carboxylic acids is 2. The summed E-state index contributed by atoms with van der Waals surface area (Å²) in [6.07, 6.45) is 2.23. The van der Waals surface area contributed by atoms with Crippen molar-refractivity contribution in [2.45, 2.75) is 72.0 Å². The molecule has 0 saturated heterocycles. The fourth-order valence-electron chi connectivity index (χ4n) is 3.36. The molecule has 0 aromatic heterocycles. The van der Waals surface area contributed by atoms with E-state index in [4.69, 9.17) is 23.2 Å². The fraction of sp³-hybridized carbons (Fsp3) is 0.440. The molecule has 0 fully saturated rings. The van der Waals surface area contributed by atoms with Gasteiger partial charge in [0.1, 0.15) is 6.04 Å². The normalized spacial score (nSPS) is 12.8. The zero-order chi connectivity index (χ0) is 23.0. The van der Waals surface area contributed by atoms with Gasteiger partial charge in [-0.15, -0.1) is 0 Å². The van der Waals surface area contributed by atoms with Gasteiger partial charge in [-0.25, -0.2) is 0 Å². The maximum absolute atomic E-state index is 13.3. The van der Waals surface area contributed by atoms with Crippen molar-refractivity contribution in [3.05, 3.63) is 69.2 Å². The number of nitrogens with one attached hydrogen (secondary N) is 1. The van der Waals surface area contributed by atoms with Crippen molar-refractivity contribution in [3.8, 4) is 0 Å². The summed E-state index contributed by atoms with van der Waals surface area (Å²) in [6.45, 7) is 8.11. The molecule has 2 aromatic carbocycles. The van der Waals surface area contributed by atoms with Gasteiger partial charge < -0.3 is 10.2 Å². The Morgan fingerprint density at radius 3 is 2.16 bits per heavy atom. The second-order valence-electron chi connectivity index (χ2n) is 7.95. The van der Waals surface area contributed by atoms with E-state index < -0.39 is 6.04 Å². The molecule has 1 N–H and O–H groups in total. The molecular formula is C25H32Cl2N2O2. The first-order valence-corrected chi connectivity index (χ1v) is 11.6. The van der Waals surface area contributed by atoms with Gasteiger partial charge in [0.15, 0.2) is 0 Å². The third-order valence-electron chi connectivity index (χ3n) is 5.53. The second-order valence-corrected chi connectivity index (χ2v) is 8.76. The molecule has 0 aliphatic rings. The molecule has 0 bridgehead atoms. The Bertz CT molecular complexity index is 863. The molecule has 2 rings (SSSR count). The first-order valence-electron chi connectivity index (χ1n) is 10.8. The molecule has 2 unspecified atom stereocenters. The van der Waals surface area contributed by atoms with Crippen LogP contribution in [0.3, 0.4) is 0 Å². The van der Waals surface area contributed by atoms with E-state index in [2.05, 4.69) is 5.32 Å². The first-order chi connectivity index (χ1) is 14.8. The van der Waals surface area contributed by atoms with Crippen LogP contribution in [0.25, 0.3) is 0 Å². The van der Waals surface area contributed by atoms with Crippen LogP contribution in [0, 0.1) is 6.92 Å². The summed E-state index contributed by atoms with van der Waals surface area (Å²) in [4.78, 5) is 27.9. The minimum absolute atomic E-state index is 0.0370. The largest absolute Gasteiger partial charge is 0.352 e. The Morgan fingerprint density at radius 1 is 1.00 bits per heavy atom. The predicted octanol–water partition coefficient (Wildman–Crippen LogP) is 5.96. The highest BCUT2D eigenvalue weighted by atomic mass is 35.5. The van der Waals surface area contributed by atoms with Gasteiger partial charge in [0.25, 0.3) is 0 Å². The Balaban J connectivity index is 2.27. The van der Waals surface area contributed by atoms with E-state index in [1.807, 2.05) is 52.0 Å². The number of hydrogen-bond acceptors (Lipinski definition) is 2. The van der Waals surface area contributed by atoms with E-state index in [0.29, 0.717) is 34.9 Å². The summed E-state index contributed by atoms with van der Waals surface area (Å²) in [6, 6.07) is 12.9. The van der Waals surface area contributed by atoms with Gasteiger partial charge >= 0.3 is 0 Å². The number of carbonyl (C=O) groups is 2. The van der Waals surface area contributed by atoms with Gasteiger partial charge in [-0.3, -0.25) is 9.59 Å². The molecule has 31 heavy (non-hydrogen) atoms. The highest BCUT2D eigenvalue weighted by molar-refractivity contribution is 6.36. The van der Waals surface area contributed by atoms with Gasteiger partial charge in [-0.05, 0) is 50.8 Å². The van der Waals surface area contributed by atoms with Crippen LogP contribution < -0.4 is 5.32 Å². The van der Waals surface area contributed by atoms with Gasteiger partial charge in [0.05, 0.1) is 0 Å². The van der Waals surface area contributed by atoms with Crippen molar-refractivity contribution in [1.29, 1.82) is 0 Å². The monoisotopic (exact) mass is 462 g/mol. The van der Waals surface area contributed by atoms with Crippen molar-refractivity contribution in [3.63, 3.8) is 0 Å². The summed E-state index contributed by atoms with van der Waals surface area (Å²) in [7, 11) is 0. The topological polar surface area (TPSA) is 49.4 Å². The van der Waals surface area contributed by atoms with Crippen molar-refractivity contribution in [1.82, 2.24) is 10.2 Å². The van der Waals surface area contributed by atoms with Crippen LogP contribution in [0.5, 0.6) is 0 Å². The lowest BCUT2D eigenvalue weighted by molar-refractivity contribution is -0.141. The maximum Gasteiger partial charge on any atom is 0.243 e. The van der Waals surface area contributed by atoms with E-state index in [-0.39, 0.29) is 24.4 Å². The lowest BCUT2D eigenvalue weighted by atomic mass is 10.0. The smallest absolute Gasteiger partial charge is 0.243 e. The number of benzene rings is 2. The highest BCUT2D eigenvalue weighted by Crippen LogP contribution is 2.27. The SMILES string of the molecule is CCC(C)NC(=O)C(CC)N(Cc1c(Cl)cccc1Cl)C(=O)CCc1ccc(C)cc1. The van der Waals surface area contributed by atoms with Gasteiger partial charge in [-0.2, -0.15) is 0 Å². The summed E-state index contributed by atoms with van der Waals surface area (Å²) in [5.41, 5.74) is 2.92. The Hall–Kier alpha value is -2.04. The van der Waals surface area contributed by atoms with Crippen LogP contribution >= 0.6 is 23.2 Å². The van der Waals surface area contributed by atoms with Crippen molar-refractivity contribution in [2.75, 3.05) is 0 Å². The average Bonchev–Trinajstić information content (AvgIpc) is 2.74. The molecule has 0 aliphatic heterocycles. The standard InChI is InChI=1S/C25H32Cl2N2O2/c1-5-18(4)28-25(31)23(6-2)29(16-20-21(26)8-7-9-22(20)27)24(30)15-14-19-12-10-17(3)11-13-19/h7-13,18,23H,5-6,14-16H2,1-4H3,(H,28,31). The fourth-order valence-corrected chi connectivity index (χ4v) is 3.88. The zero-order valence-electron chi connectivity index (χ0n) is 18.8. The molecule has 6 heteroatoms. The van der Waals surface area contributed by atoms with Crippen LogP contribution in [0.2, 0.25) is 10.0 Å². The predicted molar refractivity (Wildman–Crippen MR) is 128 cm³/mol. The molecule has 168 valence electrons. The lowest BCUT2D eigenvalue weighted by Gasteiger charge is -2.32. The van der Waals surface area contributed by atoms with Crippen molar-refractivity contribution in [2.24, 2.45) is 0 Å². The van der Waals surface area contributed by atoms with E-state index in [0.717, 1.165) is 12.0 Å². The van der Waals surface area contributed by atoms with Gasteiger partial charge in [-0.1, -0.05) is 72.9 Å². The van der Waals surface area contributed by atoms with E-state index in [1.165, 1.54) is 5.56 Å². The van der Waals surface area contributed by atoms with E-state index in [9.17, 15) is 9.59 Å². The number of rotatable bonds is 10. The van der Waals surface area contributed by atoms with Gasteiger partial charge in [0.2, 0.25) is 11.8 Å². The number of amides is 2. The maximum atomic E-state index is 13.3. The van der Waals surface area contributed by atoms with Gasteiger partial charge in [0, 0.05) is 34.6 Å². The van der Waals surface area contributed by atoms with Crippen LogP contribution in [-0.4, -0.2) is 28.8 Å². The molecule has 2 aromatic rings. The lowest BCUT2D eigenvalue weighted by Crippen LogP contribution is -2.50. The molecule has 0 aliphatic carbocycles. The number of halogens is 2. The average molecular weight is 463 g/mol. The van der Waals surface area contributed by atoms with E-state index >= 15 is 0 Å². The number of hydrogen-bond donors (Lipinski definition) is 1. The minimum atomic E-state index is -0.591. The number of aryl methyl sites for hydroxylation is 2. The molecule has 0 radical (unpaired) electrons. The zero-order valence-corrected chi connectivity index (χ0v) is 20.3. The third kappa shape index (κ3) is 7.26. The van der Waals surface area contributed by atoms with Crippen LogP contribution in [-0.2, 0) is 22.6 Å². The van der Waals surface area contributed by atoms with Crippen molar-refractivity contribution >= 4 is 35.0 Å². The molecule has 4 nitrogen and oxygen atoms in total. The Labute approximate surface area is 195 Å². The molecule has 2 amide bonds. The minimum Gasteiger partial charge on any atom is -0.352 e. The molecule has 2 atom stereocenters. The van der Waals surface area contributed by atoms with Crippen LogP contribution in [0.1, 0.15) is 56.7 Å². The van der Waals surface area contributed by atoms with E-state index in [1.54, 1.807) is 23.1 Å². The second kappa shape index (κ2) is 12.1. The van der Waals surface area contributed by atoms with Crippen LogP contribution in [0.15, 0.2) is 42.5 Å². The number of nitrogens with zero attached hydrogens (tertiary/aromatic N) is 1. The first kappa shape index (κ1) is 25.2. The Morgan fingerprint density at radius 2 is 1.61 bits per heavy atom. The molecule has 0 saturated carbocycles. The molecule has 0 spiro atoms. The van der Waals surface area contributed by atoms with Crippen LogP contribution in [0.4, 0.5) is 0 Å². The molecular weight excluding hydrogens is 431 g/mol. The summed E-state index contributed by atoms with van der Waals surface area (Å²) in [5.74, 6) is -0.244. The summed E-state index contributed by atoms with van der Waals surface area (Å²) in [5, 5.41) is 3.99.